The molecule has 0 aliphatic carbocycles. The lowest BCUT2D eigenvalue weighted by molar-refractivity contribution is -0.131. The molecular weight excluding hydrogens is 270 g/mol. The van der Waals surface area contributed by atoms with Gasteiger partial charge in [0.1, 0.15) is 0 Å². The number of hydrogen-bond acceptors (Lipinski definition) is 4. The van der Waals surface area contributed by atoms with Crippen LogP contribution < -0.4 is 0 Å². The fourth-order valence-electron chi connectivity index (χ4n) is 2.03. The molecule has 0 fully saturated rings. The Hall–Kier alpha value is -1.72. The highest BCUT2D eigenvalue weighted by atomic mass is 16.5. The number of hydrogen-bond donors (Lipinski definition) is 1. The van der Waals surface area contributed by atoms with E-state index in [9.17, 15) is 9.59 Å². The minimum absolute atomic E-state index is 0.0372. The van der Waals surface area contributed by atoms with E-state index < -0.39 is 0 Å². The maximum Gasteiger partial charge on any atom is 0.223 e. The van der Waals surface area contributed by atoms with Crippen LogP contribution in [0.2, 0.25) is 0 Å². The van der Waals surface area contributed by atoms with Crippen molar-refractivity contribution >= 4 is 11.7 Å². The summed E-state index contributed by atoms with van der Waals surface area (Å²) >= 11 is 0. The minimum Gasteiger partial charge on any atom is -0.395 e. The second kappa shape index (κ2) is 10.1. The Balaban J connectivity index is 2.43. The average Bonchev–Trinajstić information content (AvgIpc) is 2.52. The molecule has 0 heterocycles. The fraction of sp³-hybridized carbons (Fsp3) is 0.500. The number of Topliss-reactive ketones (excluding diaryl/α,β-unsaturated/α-hetero) is 1. The van der Waals surface area contributed by atoms with Gasteiger partial charge in [0.05, 0.1) is 6.61 Å². The lowest BCUT2D eigenvalue weighted by Crippen LogP contribution is -2.35. The number of nitrogens with zero attached hydrogens (tertiary/aromatic N) is 1. The van der Waals surface area contributed by atoms with Crippen molar-refractivity contribution in [2.75, 3.05) is 33.4 Å². The van der Waals surface area contributed by atoms with Gasteiger partial charge in [-0.2, -0.15) is 0 Å². The van der Waals surface area contributed by atoms with Crippen LogP contribution in [0.1, 0.15) is 29.6 Å². The Morgan fingerprint density at radius 3 is 2.48 bits per heavy atom. The van der Waals surface area contributed by atoms with Crippen molar-refractivity contribution in [2.24, 2.45) is 0 Å². The highest BCUT2D eigenvalue weighted by Gasteiger charge is 2.15. The zero-order chi connectivity index (χ0) is 15.5. The Morgan fingerprint density at radius 2 is 1.86 bits per heavy atom. The van der Waals surface area contributed by atoms with Gasteiger partial charge in [-0.05, 0) is 6.42 Å². The van der Waals surface area contributed by atoms with Crippen molar-refractivity contribution < 1.29 is 19.4 Å². The van der Waals surface area contributed by atoms with Crippen LogP contribution in [-0.2, 0) is 9.53 Å². The molecule has 1 aromatic carbocycles. The first-order chi connectivity index (χ1) is 10.2. The van der Waals surface area contributed by atoms with Gasteiger partial charge < -0.3 is 14.7 Å². The summed E-state index contributed by atoms with van der Waals surface area (Å²) in [7, 11) is 1.61. The predicted molar refractivity (Wildman–Crippen MR) is 80.2 cm³/mol. The Labute approximate surface area is 125 Å². The molecule has 0 radical (unpaired) electrons. The van der Waals surface area contributed by atoms with Crippen LogP contribution in [0.4, 0.5) is 0 Å². The SMILES string of the molecule is COCCCN(CCO)C(=O)CCC(=O)c1ccccc1. The molecule has 1 aromatic rings. The van der Waals surface area contributed by atoms with Crippen molar-refractivity contribution in [3.63, 3.8) is 0 Å². The summed E-state index contributed by atoms with van der Waals surface area (Å²) in [5.74, 6) is -0.144. The first-order valence-electron chi connectivity index (χ1n) is 7.15. The molecule has 5 nitrogen and oxygen atoms in total. The molecule has 0 spiro atoms. The second-order valence-electron chi connectivity index (χ2n) is 4.74. The van der Waals surface area contributed by atoms with Gasteiger partial charge in [0.25, 0.3) is 0 Å². The van der Waals surface area contributed by atoms with Gasteiger partial charge in [-0.25, -0.2) is 0 Å². The summed E-state index contributed by atoms with van der Waals surface area (Å²) in [4.78, 5) is 25.6. The summed E-state index contributed by atoms with van der Waals surface area (Å²) in [5, 5.41) is 9.01. The molecule has 1 N–H and O–H groups in total. The van der Waals surface area contributed by atoms with Crippen LogP contribution in [0.3, 0.4) is 0 Å². The standard InChI is InChI=1S/C16H23NO4/c1-21-13-5-10-17(11-12-18)16(20)9-8-15(19)14-6-3-2-4-7-14/h2-4,6-7,18H,5,8-13H2,1H3. The quantitative estimate of drug-likeness (QED) is 0.524. The fourth-order valence-corrected chi connectivity index (χ4v) is 2.03. The molecule has 0 atom stereocenters. The number of carbonyl (C=O) groups excluding carboxylic acids is 2. The molecule has 0 saturated carbocycles. The molecule has 0 unspecified atom stereocenters. The van der Waals surface area contributed by atoms with Gasteiger partial charge in [-0.1, -0.05) is 30.3 Å². The number of carbonyl (C=O) groups is 2. The number of rotatable bonds is 10. The van der Waals surface area contributed by atoms with Crippen molar-refractivity contribution in [3.05, 3.63) is 35.9 Å². The van der Waals surface area contributed by atoms with Gasteiger partial charge in [0.2, 0.25) is 5.91 Å². The molecule has 0 aliphatic heterocycles. The van der Waals surface area contributed by atoms with Crippen LogP contribution in [0.5, 0.6) is 0 Å². The van der Waals surface area contributed by atoms with E-state index in [1.807, 2.05) is 6.07 Å². The molecule has 0 saturated heterocycles. The van der Waals surface area contributed by atoms with E-state index >= 15 is 0 Å². The molecule has 21 heavy (non-hydrogen) atoms. The van der Waals surface area contributed by atoms with Crippen LogP contribution in [0.25, 0.3) is 0 Å². The zero-order valence-corrected chi connectivity index (χ0v) is 12.5. The predicted octanol–water partition coefficient (Wildman–Crippen LogP) is 1.51. The highest BCUT2D eigenvalue weighted by Crippen LogP contribution is 2.07. The number of benzene rings is 1. The molecular formula is C16H23NO4. The smallest absolute Gasteiger partial charge is 0.223 e. The maximum absolute atomic E-state index is 12.1. The minimum atomic E-state index is -0.107. The van der Waals surface area contributed by atoms with Crippen molar-refractivity contribution in [2.45, 2.75) is 19.3 Å². The van der Waals surface area contributed by atoms with E-state index in [0.717, 1.165) is 6.42 Å². The number of ether oxygens (including phenoxy) is 1. The second-order valence-corrected chi connectivity index (χ2v) is 4.74. The summed E-state index contributed by atoms with van der Waals surface area (Å²) in [6.07, 6.45) is 1.07. The number of ketones is 1. The summed E-state index contributed by atoms with van der Waals surface area (Å²) in [6, 6.07) is 8.95. The normalized spacial score (nSPS) is 10.4. The number of amides is 1. The molecule has 1 rings (SSSR count). The van der Waals surface area contributed by atoms with Crippen LogP contribution in [0, 0.1) is 0 Å². The first-order valence-corrected chi connectivity index (χ1v) is 7.15. The summed E-state index contributed by atoms with van der Waals surface area (Å²) in [5.41, 5.74) is 0.624. The van der Waals surface area contributed by atoms with Gasteiger partial charge >= 0.3 is 0 Å². The molecule has 5 heteroatoms. The van der Waals surface area contributed by atoms with E-state index in [2.05, 4.69) is 0 Å². The van der Waals surface area contributed by atoms with E-state index in [4.69, 9.17) is 9.84 Å². The van der Waals surface area contributed by atoms with Crippen LogP contribution in [-0.4, -0.2) is 55.1 Å². The molecule has 116 valence electrons. The van der Waals surface area contributed by atoms with Crippen molar-refractivity contribution in [1.29, 1.82) is 0 Å². The topological polar surface area (TPSA) is 66.8 Å². The summed E-state index contributed by atoms with van der Waals surface area (Å²) < 4.78 is 4.95. The van der Waals surface area contributed by atoms with Crippen LogP contribution >= 0.6 is 0 Å². The number of methoxy groups -OCH3 is 1. The zero-order valence-electron chi connectivity index (χ0n) is 12.5. The molecule has 0 bridgehead atoms. The third-order valence-electron chi connectivity index (χ3n) is 3.16. The van der Waals surface area contributed by atoms with E-state index in [1.165, 1.54) is 0 Å². The maximum atomic E-state index is 12.1. The van der Waals surface area contributed by atoms with Gasteiger partial charge in [0.15, 0.2) is 5.78 Å². The van der Waals surface area contributed by atoms with E-state index in [1.54, 1.807) is 36.3 Å². The number of aliphatic hydroxyl groups excluding tert-OH is 1. The van der Waals surface area contributed by atoms with E-state index in [0.29, 0.717) is 25.3 Å². The average molecular weight is 293 g/mol. The monoisotopic (exact) mass is 293 g/mol. The van der Waals surface area contributed by atoms with Gasteiger partial charge in [-0.15, -0.1) is 0 Å². The Morgan fingerprint density at radius 1 is 1.14 bits per heavy atom. The number of aliphatic hydroxyl groups is 1. The largest absolute Gasteiger partial charge is 0.395 e. The van der Waals surface area contributed by atoms with Crippen molar-refractivity contribution in [1.82, 2.24) is 4.90 Å². The lowest BCUT2D eigenvalue weighted by atomic mass is 10.1. The molecule has 1 amide bonds. The lowest BCUT2D eigenvalue weighted by Gasteiger charge is -2.21. The third-order valence-corrected chi connectivity index (χ3v) is 3.16. The Kier molecular flexibility index (Phi) is 8.31. The van der Waals surface area contributed by atoms with Gasteiger partial charge in [-0.3, -0.25) is 9.59 Å². The molecule has 0 aliphatic rings. The van der Waals surface area contributed by atoms with Crippen molar-refractivity contribution in [3.8, 4) is 0 Å². The Bertz CT molecular complexity index is 433. The first kappa shape index (κ1) is 17.3. The van der Waals surface area contributed by atoms with E-state index in [-0.39, 0.29) is 31.1 Å². The third kappa shape index (κ3) is 6.51. The van der Waals surface area contributed by atoms with Gasteiger partial charge in [0, 0.05) is 45.2 Å². The van der Waals surface area contributed by atoms with Crippen LogP contribution in [0.15, 0.2) is 30.3 Å². The summed E-state index contributed by atoms with van der Waals surface area (Å²) in [6.45, 7) is 1.32. The highest BCUT2D eigenvalue weighted by molar-refractivity contribution is 5.97. The molecule has 0 aromatic heterocycles.